The Morgan fingerprint density at radius 1 is 0.941 bits per heavy atom. The Hall–Kier alpha value is -1.76. The van der Waals surface area contributed by atoms with Crippen LogP contribution in [0.2, 0.25) is 0 Å². The van der Waals surface area contributed by atoms with E-state index < -0.39 is 0 Å². The Morgan fingerprint density at radius 2 is 1.65 bits per heavy atom. The molecule has 87 valence electrons. The second-order valence-corrected chi connectivity index (χ2v) is 5.11. The summed E-state index contributed by atoms with van der Waals surface area (Å²) in [5.74, 6) is 1.59. The van der Waals surface area contributed by atoms with Crippen LogP contribution in [0.25, 0.3) is 0 Å². The summed E-state index contributed by atoms with van der Waals surface area (Å²) < 4.78 is 5.69. The Morgan fingerprint density at radius 3 is 2.18 bits per heavy atom. The van der Waals surface area contributed by atoms with Crippen molar-refractivity contribution < 1.29 is 4.74 Å². The highest BCUT2D eigenvalue weighted by molar-refractivity contribution is 5.34. The zero-order valence-electron chi connectivity index (χ0n) is 10.5. The van der Waals surface area contributed by atoms with E-state index in [0.717, 1.165) is 11.5 Å². The minimum absolute atomic E-state index is 0.155. The maximum atomic E-state index is 5.69. The molecule has 0 bridgehead atoms. The van der Waals surface area contributed by atoms with E-state index in [-0.39, 0.29) is 5.41 Å². The molecule has 0 atom stereocenters. The molecular weight excluding hydrogens is 208 g/mol. The average Bonchev–Trinajstić information content (AvgIpc) is 2.30. The molecule has 1 radical (unpaired) electrons. The van der Waals surface area contributed by atoms with Gasteiger partial charge in [-0.2, -0.15) is 0 Å². The molecule has 0 fully saturated rings. The first-order valence-corrected chi connectivity index (χ1v) is 5.81. The lowest BCUT2D eigenvalue weighted by molar-refractivity contribution is 0.480. The molecule has 0 aliphatic rings. The topological polar surface area (TPSA) is 9.23 Å². The van der Waals surface area contributed by atoms with Crippen LogP contribution >= 0.6 is 0 Å². The van der Waals surface area contributed by atoms with Crippen LogP contribution in [0, 0.1) is 6.07 Å². The minimum atomic E-state index is 0.155. The first-order chi connectivity index (χ1) is 8.05. The van der Waals surface area contributed by atoms with Crippen molar-refractivity contribution in [1.29, 1.82) is 0 Å². The zero-order valence-corrected chi connectivity index (χ0v) is 10.5. The average molecular weight is 225 g/mol. The van der Waals surface area contributed by atoms with Gasteiger partial charge in [0, 0.05) is 6.07 Å². The molecule has 2 aromatic rings. The molecule has 1 nitrogen and oxygen atoms in total. The predicted octanol–water partition coefficient (Wildman–Crippen LogP) is 4.58. The van der Waals surface area contributed by atoms with E-state index in [1.54, 1.807) is 0 Å². The molecular formula is C16H17O. The number of hydrogen-bond donors (Lipinski definition) is 0. The standard InChI is InChI=1S/C16H17O/c1-16(2,3)13-9-11-15(12-10-13)17-14-7-5-4-6-8-14/h4-11H,1-3H3. The third-order valence-electron chi connectivity index (χ3n) is 2.62. The predicted molar refractivity (Wildman–Crippen MR) is 70.5 cm³/mol. The minimum Gasteiger partial charge on any atom is -0.457 e. The van der Waals surface area contributed by atoms with Crippen LogP contribution in [0.3, 0.4) is 0 Å². The van der Waals surface area contributed by atoms with Gasteiger partial charge in [0.05, 0.1) is 0 Å². The molecule has 0 amide bonds. The van der Waals surface area contributed by atoms with Crippen molar-refractivity contribution in [2.24, 2.45) is 0 Å². The summed E-state index contributed by atoms with van der Waals surface area (Å²) in [6.45, 7) is 6.57. The normalized spacial score (nSPS) is 11.2. The SMILES string of the molecule is CC(C)(C)c1c[c]c(Oc2ccccc2)cc1. The molecule has 17 heavy (non-hydrogen) atoms. The van der Waals surface area contributed by atoms with Crippen molar-refractivity contribution in [3.63, 3.8) is 0 Å². The highest BCUT2D eigenvalue weighted by Crippen LogP contribution is 2.26. The second-order valence-electron chi connectivity index (χ2n) is 5.11. The lowest BCUT2D eigenvalue weighted by atomic mass is 9.87. The lowest BCUT2D eigenvalue weighted by Crippen LogP contribution is -2.10. The molecule has 0 saturated heterocycles. The molecule has 2 rings (SSSR count). The summed E-state index contributed by atoms with van der Waals surface area (Å²) >= 11 is 0. The van der Waals surface area contributed by atoms with Gasteiger partial charge in [-0.25, -0.2) is 0 Å². The zero-order chi connectivity index (χ0) is 12.3. The van der Waals surface area contributed by atoms with Gasteiger partial charge >= 0.3 is 0 Å². The first kappa shape index (κ1) is 11.7. The Bertz CT molecular complexity index is 463. The van der Waals surface area contributed by atoms with Crippen molar-refractivity contribution in [3.8, 4) is 11.5 Å². The van der Waals surface area contributed by atoms with Gasteiger partial charge in [-0.15, -0.1) is 0 Å². The van der Waals surface area contributed by atoms with Crippen LogP contribution in [0.1, 0.15) is 26.3 Å². The van der Waals surface area contributed by atoms with E-state index in [2.05, 4.69) is 32.9 Å². The fourth-order valence-electron chi connectivity index (χ4n) is 1.56. The van der Waals surface area contributed by atoms with E-state index in [0.29, 0.717) is 0 Å². The molecule has 0 aliphatic carbocycles. The molecule has 0 saturated carbocycles. The fourth-order valence-corrected chi connectivity index (χ4v) is 1.56. The summed E-state index contributed by atoms with van der Waals surface area (Å²) in [6, 6.07) is 19.0. The van der Waals surface area contributed by atoms with Gasteiger partial charge in [0.25, 0.3) is 0 Å². The van der Waals surface area contributed by atoms with Crippen molar-refractivity contribution in [3.05, 3.63) is 60.2 Å². The quantitative estimate of drug-likeness (QED) is 0.727. The van der Waals surface area contributed by atoms with Gasteiger partial charge in [0.1, 0.15) is 11.5 Å². The van der Waals surface area contributed by atoms with Crippen molar-refractivity contribution in [1.82, 2.24) is 0 Å². The Labute approximate surface area is 103 Å². The third-order valence-corrected chi connectivity index (χ3v) is 2.62. The second kappa shape index (κ2) is 4.62. The maximum absolute atomic E-state index is 5.69. The van der Waals surface area contributed by atoms with Gasteiger partial charge in [0.15, 0.2) is 0 Å². The fraction of sp³-hybridized carbons (Fsp3) is 0.250. The van der Waals surface area contributed by atoms with Crippen LogP contribution < -0.4 is 4.74 Å². The van der Waals surface area contributed by atoms with Crippen molar-refractivity contribution in [2.75, 3.05) is 0 Å². The van der Waals surface area contributed by atoms with Crippen LogP contribution in [0.4, 0.5) is 0 Å². The van der Waals surface area contributed by atoms with Crippen molar-refractivity contribution in [2.45, 2.75) is 26.2 Å². The van der Waals surface area contributed by atoms with Crippen LogP contribution in [0.5, 0.6) is 11.5 Å². The Balaban J connectivity index is 2.14. The molecule has 0 unspecified atom stereocenters. The van der Waals surface area contributed by atoms with E-state index in [1.807, 2.05) is 42.5 Å². The van der Waals surface area contributed by atoms with E-state index >= 15 is 0 Å². The smallest absolute Gasteiger partial charge is 0.135 e. The number of hydrogen-bond acceptors (Lipinski definition) is 1. The van der Waals surface area contributed by atoms with E-state index in [4.69, 9.17) is 4.74 Å². The van der Waals surface area contributed by atoms with Crippen LogP contribution in [0.15, 0.2) is 48.5 Å². The Kier molecular flexibility index (Phi) is 3.19. The summed E-state index contributed by atoms with van der Waals surface area (Å²) in [5.41, 5.74) is 1.42. The lowest BCUT2D eigenvalue weighted by Gasteiger charge is -2.18. The molecule has 1 heteroatoms. The van der Waals surface area contributed by atoms with Gasteiger partial charge < -0.3 is 4.74 Å². The molecule has 0 spiro atoms. The number of para-hydroxylation sites is 1. The summed E-state index contributed by atoms with van der Waals surface area (Å²) in [5, 5.41) is 0. The third kappa shape index (κ3) is 3.10. The van der Waals surface area contributed by atoms with Gasteiger partial charge in [-0.1, -0.05) is 45.0 Å². The summed E-state index contributed by atoms with van der Waals surface area (Å²) in [6.07, 6.45) is 0. The molecule has 2 aromatic carbocycles. The van der Waals surface area contributed by atoms with Crippen molar-refractivity contribution >= 4 is 0 Å². The van der Waals surface area contributed by atoms with Gasteiger partial charge in [-0.05, 0) is 35.2 Å². The maximum Gasteiger partial charge on any atom is 0.135 e. The molecule has 0 aliphatic heterocycles. The highest BCUT2D eigenvalue weighted by atomic mass is 16.5. The number of rotatable bonds is 2. The van der Waals surface area contributed by atoms with E-state index in [1.165, 1.54) is 5.56 Å². The van der Waals surface area contributed by atoms with Crippen LogP contribution in [-0.4, -0.2) is 0 Å². The largest absolute Gasteiger partial charge is 0.457 e. The van der Waals surface area contributed by atoms with Crippen LogP contribution in [-0.2, 0) is 5.41 Å². The van der Waals surface area contributed by atoms with E-state index in [9.17, 15) is 0 Å². The number of benzene rings is 2. The monoisotopic (exact) mass is 225 g/mol. The first-order valence-electron chi connectivity index (χ1n) is 5.81. The summed E-state index contributed by atoms with van der Waals surface area (Å²) in [4.78, 5) is 0. The summed E-state index contributed by atoms with van der Waals surface area (Å²) in [7, 11) is 0. The molecule has 0 aromatic heterocycles. The van der Waals surface area contributed by atoms with Gasteiger partial charge in [0.2, 0.25) is 0 Å². The molecule has 0 N–H and O–H groups in total. The number of ether oxygens (including phenoxy) is 1. The van der Waals surface area contributed by atoms with Gasteiger partial charge in [-0.3, -0.25) is 0 Å². The highest BCUT2D eigenvalue weighted by Gasteiger charge is 2.13. The molecule has 0 heterocycles.